The summed E-state index contributed by atoms with van der Waals surface area (Å²) in [5.41, 5.74) is 0.758. The van der Waals surface area contributed by atoms with E-state index in [1.54, 1.807) is 12.1 Å². The first-order valence-electron chi connectivity index (χ1n) is 9.44. The number of hydrogen-bond acceptors (Lipinski definition) is 4. The van der Waals surface area contributed by atoms with Gasteiger partial charge in [-0.15, -0.1) is 0 Å². The Morgan fingerprint density at radius 1 is 0.923 bits per heavy atom. The number of aliphatic carboxylic acids is 1. The lowest BCUT2D eigenvalue weighted by atomic mass is 10.0. The van der Waals surface area contributed by atoms with Crippen LogP contribution in [-0.4, -0.2) is 33.9 Å². The molecule has 0 aliphatic heterocycles. The molecule has 26 heavy (non-hydrogen) atoms. The number of amides is 1. The average Bonchev–Trinajstić information content (AvgIpc) is 2.61. The van der Waals surface area contributed by atoms with Gasteiger partial charge in [0.25, 0.3) is 0 Å². The monoisotopic (exact) mass is 381 g/mol. The van der Waals surface area contributed by atoms with Gasteiger partial charge in [-0.25, -0.2) is 4.79 Å². The van der Waals surface area contributed by atoms with E-state index in [0.29, 0.717) is 6.42 Å². The molecule has 0 fully saturated rings. The molecule has 0 aliphatic rings. The third-order valence-electron chi connectivity index (χ3n) is 4.32. The van der Waals surface area contributed by atoms with E-state index in [-0.39, 0.29) is 18.1 Å². The second kappa shape index (κ2) is 13.5. The molecule has 0 radical (unpaired) electrons. The smallest absolute Gasteiger partial charge is 0.326 e. The Bertz CT molecular complexity index is 533. The molecule has 0 spiro atoms. The number of unbranched alkanes of at least 4 members (excludes halogenated alkanes) is 7. The van der Waals surface area contributed by atoms with E-state index >= 15 is 0 Å². The molecule has 0 aliphatic carbocycles. The Balaban J connectivity index is 2.20. The quantitative estimate of drug-likeness (QED) is 0.290. The van der Waals surface area contributed by atoms with Gasteiger partial charge >= 0.3 is 5.97 Å². The fraction of sp³-hybridized carbons (Fsp3) is 0.600. The van der Waals surface area contributed by atoms with Gasteiger partial charge in [-0.1, -0.05) is 50.7 Å². The number of rotatable bonds is 14. The number of hydrogen-bond donors (Lipinski definition) is 4. The average molecular weight is 382 g/mol. The Kier molecular flexibility index (Phi) is 11.6. The number of nitrogens with one attached hydrogen (secondary N) is 1. The summed E-state index contributed by atoms with van der Waals surface area (Å²) in [7, 11) is 0. The summed E-state index contributed by atoms with van der Waals surface area (Å²) in [5, 5.41) is 21.2. The zero-order chi connectivity index (χ0) is 19.2. The van der Waals surface area contributed by atoms with Gasteiger partial charge < -0.3 is 15.5 Å². The summed E-state index contributed by atoms with van der Waals surface area (Å²) in [6.45, 7) is 0. The molecule has 1 amide bonds. The number of aromatic hydroxyl groups is 1. The van der Waals surface area contributed by atoms with Gasteiger partial charge in [0.05, 0.1) is 0 Å². The van der Waals surface area contributed by atoms with Crippen molar-refractivity contribution in [3.05, 3.63) is 29.8 Å². The summed E-state index contributed by atoms with van der Waals surface area (Å²) < 4.78 is 0. The second-order valence-corrected chi connectivity index (χ2v) is 7.08. The van der Waals surface area contributed by atoms with Gasteiger partial charge in [-0.3, -0.25) is 4.79 Å². The highest BCUT2D eigenvalue weighted by molar-refractivity contribution is 7.80. The van der Waals surface area contributed by atoms with Crippen molar-refractivity contribution in [2.24, 2.45) is 0 Å². The largest absolute Gasteiger partial charge is 0.508 e. The summed E-state index contributed by atoms with van der Waals surface area (Å²) in [5.74, 6) is -0.178. The Hall–Kier alpha value is -1.69. The second-order valence-electron chi connectivity index (χ2n) is 6.63. The van der Waals surface area contributed by atoms with Crippen molar-refractivity contribution in [3.63, 3.8) is 0 Å². The molecule has 0 heterocycles. The topological polar surface area (TPSA) is 86.6 Å². The van der Waals surface area contributed by atoms with E-state index in [1.165, 1.54) is 44.2 Å². The lowest BCUT2D eigenvalue weighted by Gasteiger charge is -2.14. The lowest BCUT2D eigenvalue weighted by molar-refractivity contribution is -0.141. The molecule has 0 bridgehead atoms. The number of thiol groups is 1. The third kappa shape index (κ3) is 10.3. The number of carbonyl (C=O) groups is 2. The van der Waals surface area contributed by atoms with E-state index < -0.39 is 12.0 Å². The highest BCUT2D eigenvalue weighted by Crippen LogP contribution is 2.12. The number of carbonyl (C=O) groups excluding carboxylic acids is 1. The van der Waals surface area contributed by atoms with Crippen LogP contribution in [0, 0.1) is 0 Å². The molecule has 1 atom stereocenters. The molecule has 1 unspecified atom stereocenters. The SMILES string of the molecule is O=C(CCCCCCCCCCS)NC(Cc1ccc(O)cc1)C(=O)O. The molecular weight excluding hydrogens is 350 g/mol. The molecule has 6 heteroatoms. The number of benzene rings is 1. The van der Waals surface area contributed by atoms with Crippen LogP contribution < -0.4 is 5.32 Å². The van der Waals surface area contributed by atoms with Crippen LogP contribution in [0.25, 0.3) is 0 Å². The van der Waals surface area contributed by atoms with Crippen molar-refractivity contribution in [2.45, 2.75) is 70.3 Å². The van der Waals surface area contributed by atoms with Gasteiger partial charge in [0.1, 0.15) is 11.8 Å². The van der Waals surface area contributed by atoms with Gasteiger partial charge in [0, 0.05) is 12.8 Å². The fourth-order valence-electron chi connectivity index (χ4n) is 2.79. The molecule has 5 nitrogen and oxygen atoms in total. The van der Waals surface area contributed by atoms with Crippen LogP contribution in [0.15, 0.2) is 24.3 Å². The van der Waals surface area contributed by atoms with Crippen LogP contribution in [0.2, 0.25) is 0 Å². The summed E-state index contributed by atoms with van der Waals surface area (Å²) in [6, 6.07) is 5.39. The summed E-state index contributed by atoms with van der Waals surface area (Å²) in [4.78, 5) is 23.3. The molecule has 1 rings (SSSR count). The number of phenols is 1. The molecular formula is C20H31NO4S. The van der Waals surface area contributed by atoms with Crippen LogP contribution >= 0.6 is 12.6 Å². The first kappa shape index (κ1) is 22.4. The van der Waals surface area contributed by atoms with E-state index in [1.807, 2.05) is 0 Å². The maximum absolute atomic E-state index is 12.0. The van der Waals surface area contributed by atoms with Crippen molar-refractivity contribution in [2.75, 3.05) is 5.75 Å². The molecule has 3 N–H and O–H groups in total. The Morgan fingerprint density at radius 3 is 2.00 bits per heavy atom. The van der Waals surface area contributed by atoms with Gasteiger partial charge in [0.15, 0.2) is 0 Å². The molecule has 1 aromatic carbocycles. The van der Waals surface area contributed by atoms with Crippen LogP contribution in [0.1, 0.15) is 63.4 Å². The van der Waals surface area contributed by atoms with Crippen LogP contribution in [-0.2, 0) is 16.0 Å². The molecule has 0 saturated carbocycles. The van der Waals surface area contributed by atoms with Crippen molar-refractivity contribution in [3.8, 4) is 5.75 Å². The van der Waals surface area contributed by atoms with E-state index in [0.717, 1.165) is 30.6 Å². The van der Waals surface area contributed by atoms with Crippen LogP contribution in [0.5, 0.6) is 5.75 Å². The van der Waals surface area contributed by atoms with Gasteiger partial charge in [-0.2, -0.15) is 12.6 Å². The predicted molar refractivity (Wildman–Crippen MR) is 107 cm³/mol. The highest BCUT2D eigenvalue weighted by atomic mass is 32.1. The first-order valence-corrected chi connectivity index (χ1v) is 10.1. The molecule has 0 saturated heterocycles. The highest BCUT2D eigenvalue weighted by Gasteiger charge is 2.20. The zero-order valence-corrected chi connectivity index (χ0v) is 16.2. The van der Waals surface area contributed by atoms with Crippen molar-refractivity contribution >= 4 is 24.5 Å². The lowest BCUT2D eigenvalue weighted by Crippen LogP contribution is -2.42. The van der Waals surface area contributed by atoms with E-state index in [4.69, 9.17) is 0 Å². The molecule has 1 aromatic rings. The van der Waals surface area contributed by atoms with E-state index in [2.05, 4.69) is 17.9 Å². The minimum absolute atomic E-state index is 0.131. The van der Waals surface area contributed by atoms with Crippen molar-refractivity contribution in [1.82, 2.24) is 5.32 Å². The van der Waals surface area contributed by atoms with Gasteiger partial charge in [-0.05, 0) is 36.3 Å². The number of carboxylic acids is 1. The summed E-state index contributed by atoms with van der Waals surface area (Å²) in [6.07, 6.45) is 9.54. The van der Waals surface area contributed by atoms with Crippen LogP contribution in [0.3, 0.4) is 0 Å². The number of phenolic OH excluding ortho intramolecular Hbond substituents is 1. The predicted octanol–water partition coefficient (Wildman–Crippen LogP) is 3.94. The fourth-order valence-corrected chi connectivity index (χ4v) is 3.02. The Labute approximate surface area is 161 Å². The maximum Gasteiger partial charge on any atom is 0.326 e. The van der Waals surface area contributed by atoms with Crippen molar-refractivity contribution < 1.29 is 19.8 Å². The zero-order valence-electron chi connectivity index (χ0n) is 15.3. The first-order chi connectivity index (χ1) is 12.5. The Morgan fingerprint density at radius 2 is 1.46 bits per heavy atom. The molecule has 0 aromatic heterocycles. The normalized spacial score (nSPS) is 11.9. The minimum atomic E-state index is -1.05. The maximum atomic E-state index is 12.0. The van der Waals surface area contributed by atoms with Crippen molar-refractivity contribution in [1.29, 1.82) is 0 Å². The third-order valence-corrected chi connectivity index (χ3v) is 4.64. The van der Waals surface area contributed by atoms with Crippen LogP contribution in [0.4, 0.5) is 0 Å². The number of carboxylic acid groups (broad SMARTS) is 1. The minimum Gasteiger partial charge on any atom is -0.508 e. The molecule has 146 valence electrons. The summed E-state index contributed by atoms with van der Waals surface area (Å²) >= 11 is 4.19. The van der Waals surface area contributed by atoms with E-state index in [9.17, 15) is 19.8 Å². The standard InChI is InChI=1S/C20H31NO4S/c22-17-12-10-16(11-13-17)15-18(20(24)25)21-19(23)9-7-5-3-1-2-4-6-8-14-26/h10-13,18,22,26H,1-9,14-15H2,(H,21,23)(H,24,25). The van der Waals surface area contributed by atoms with Gasteiger partial charge in [0.2, 0.25) is 5.91 Å².